The van der Waals surface area contributed by atoms with E-state index >= 15 is 0 Å². The van der Waals surface area contributed by atoms with Gasteiger partial charge in [-0.05, 0) is 41.8 Å². The van der Waals surface area contributed by atoms with E-state index in [4.69, 9.17) is 14.3 Å². The maximum Gasteiger partial charge on any atom is 0.345 e. The molecule has 24 heavy (non-hydrogen) atoms. The van der Waals surface area contributed by atoms with Crippen LogP contribution in [0, 0.1) is 11.7 Å². The largest absolute Gasteiger partial charge is 0.478 e. The van der Waals surface area contributed by atoms with Crippen LogP contribution in [0.4, 0.5) is 4.39 Å². The number of oxime groups is 1. The highest BCUT2D eigenvalue weighted by Crippen LogP contribution is 2.37. The summed E-state index contributed by atoms with van der Waals surface area (Å²) in [7, 11) is 0. The standard InChI is InChI=1S/C16H17BrFNO5/c1-2-22-13-7-23-19-14(13)9-5-10(17)11(18)6-12(9)24-15(16(20)21)8-3-4-8/h5-6,8,13,15H,2-4,7H2,1H3,(H,20,21). The van der Waals surface area contributed by atoms with Gasteiger partial charge in [-0.25, -0.2) is 9.18 Å². The SMILES string of the molecule is CCOC1CON=C1c1cc(Br)c(F)cc1OC(C(=O)O)C1CC1. The minimum atomic E-state index is -1.06. The van der Waals surface area contributed by atoms with Crippen molar-refractivity contribution in [2.45, 2.75) is 32.0 Å². The molecule has 1 heterocycles. The molecular formula is C16H17BrFNO5. The van der Waals surface area contributed by atoms with Gasteiger partial charge in [0.1, 0.15) is 30.0 Å². The molecule has 0 spiro atoms. The number of halogens is 2. The summed E-state index contributed by atoms with van der Waals surface area (Å²) in [5.41, 5.74) is 0.929. The Morgan fingerprint density at radius 1 is 1.54 bits per heavy atom. The van der Waals surface area contributed by atoms with Gasteiger partial charge in [0, 0.05) is 24.2 Å². The van der Waals surface area contributed by atoms with Crippen molar-refractivity contribution in [3.63, 3.8) is 0 Å². The van der Waals surface area contributed by atoms with E-state index in [1.807, 2.05) is 6.92 Å². The third-order valence-corrected chi connectivity index (χ3v) is 4.52. The van der Waals surface area contributed by atoms with Crippen LogP contribution in [0.5, 0.6) is 5.75 Å². The quantitative estimate of drug-likeness (QED) is 0.759. The molecule has 0 saturated heterocycles. The summed E-state index contributed by atoms with van der Waals surface area (Å²) in [4.78, 5) is 16.5. The number of carboxylic acids is 1. The van der Waals surface area contributed by atoms with Gasteiger partial charge >= 0.3 is 5.97 Å². The second kappa shape index (κ2) is 7.06. The Kier molecular flexibility index (Phi) is 5.05. The predicted octanol–water partition coefficient (Wildman–Crippen LogP) is 2.97. The lowest BCUT2D eigenvalue weighted by Crippen LogP contribution is -2.31. The summed E-state index contributed by atoms with van der Waals surface area (Å²) in [5, 5.41) is 13.3. The lowest BCUT2D eigenvalue weighted by Gasteiger charge is -2.19. The van der Waals surface area contributed by atoms with E-state index in [1.54, 1.807) is 0 Å². The minimum Gasteiger partial charge on any atom is -0.478 e. The smallest absolute Gasteiger partial charge is 0.345 e. The van der Waals surface area contributed by atoms with E-state index in [0.717, 1.165) is 12.8 Å². The molecule has 0 radical (unpaired) electrons. The highest BCUT2D eigenvalue weighted by Gasteiger charge is 2.39. The Morgan fingerprint density at radius 3 is 2.92 bits per heavy atom. The highest BCUT2D eigenvalue weighted by atomic mass is 79.9. The van der Waals surface area contributed by atoms with E-state index in [9.17, 15) is 14.3 Å². The lowest BCUT2D eigenvalue weighted by molar-refractivity contribution is -0.146. The third-order valence-electron chi connectivity index (χ3n) is 3.91. The summed E-state index contributed by atoms with van der Waals surface area (Å²) in [5.74, 6) is -1.52. The van der Waals surface area contributed by atoms with Crippen molar-refractivity contribution in [3.05, 3.63) is 28.0 Å². The minimum absolute atomic E-state index is 0.0495. The molecule has 0 bridgehead atoms. The van der Waals surface area contributed by atoms with Gasteiger partial charge in [0.15, 0.2) is 6.10 Å². The van der Waals surface area contributed by atoms with Gasteiger partial charge in [0.25, 0.3) is 0 Å². The summed E-state index contributed by atoms with van der Waals surface area (Å²) in [6, 6.07) is 2.68. The van der Waals surface area contributed by atoms with Crippen molar-refractivity contribution in [1.29, 1.82) is 0 Å². The van der Waals surface area contributed by atoms with Crippen LogP contribution >= 0.6 is 15.9 Å². The Morgan fingerprint density at radius 2 is 2.29 bits per heavy atom. The third kappa shape index (κ3) is 3.54. The van der Waals surface area contributed by atoms with Gasteiger partial charge < -0.3 is 19.4 Å². The molecule has 0 aromatic heterocycles. The van der Waals surface area contributed by atoms with E-state index in [0.29, 0.717) is 17.9 Å². The number of ether oxygens (including phenoxy) is 2. The van der Waals surface area contributed by atoms with Crippen LogP contribution in [-0.4, -0.2) is 42.2 Å². The second-order valence-electron chi connectivity index (χ2n) is 5.69. The van der Waals surface area contributed by atoms with Crippen molar-refractivity contribution in [2.24, 2.45) is 11.1 Å². The molecule has 1 fully saturated rings. The van der Waals surface area contributed by atoms with Crippen molar-refractivity contribution in [2.75, 3.05) is 13.2 Å². The van der Waals surface area contributed by atoms with Crippen LogP contribution in [0.3, 0.4) is 0 Å². The van der Waals surface area contributed by atoms with Gasteiger partial charge in [-0.2, -0.15) is 0 Å². The van der Waals surface area contributed by atoms with Crippen LogP contribution in [-0.2, 0) is 14.4 Å². The monoisotopic (exact) mass is 401 g/mol. The number of hydrogen-bond acceptors (Lipinski definition) is 5. The van der Waals surface area contributed by atoms with Gasteiger partial charge in [0.2, 0.25) is 0 Å². The molecule has 1 N–H and O–H groups in total. The van der Waals surface area contributed by atoms with Gasteiger partial charge in [-0.1, -0.05) is 5.16 Å². The molecule has 1 aromatic rings. The Hall–Kier alpha value is -1.67. The fraction of sp³-hybridized carbons (Fsp3) is 0.500. The fourth-order valence-electron chi connectivity index (χ4n) is 2.57. The summed E-state index contributed by atoms with van der Waals surface area (Å²) >= 11 is 3.14. The first-order valence-corrected chi connectivity index (χ1v) is 8.50. The molecule has 130 valence electrons. The van der Waals surface area contributed by atoms with Crippen molar-refractivity contribution in [1.82, 2.24) is 0 Å². The molecule has 1 aliphatic heterocycles. The van der Waals surface area contributed by atoms with E-state index in [-0.39, 0.29) is 22.7 Å². The van der Waals surface area contributed by atoms with Crippen LogP contribution in [0.25, 0.3) is 0 Å². The normalized spacial score (nSPS) is 21.1. The second-order valence-corrected chi connectivity index (χ2v) is 6.55. The Balaban J connectivity index is 1.96. The van der Waals surface area contributed by atoms with Gasteiger partial charge in [-0.15, -0.1) is 0 Å². The van der Waals surface area contributed by atoms with E-state index < -0.39 is 24.0 Å². The van der Waals surface area contributed by atoms with E-state index in [2.05, 4.69) is 21.1 Å². The molecule has 6 nitrogen and oxygen atoms in total. The number of aliphatic carboxylic acids is 1. The average molecular weight is 402 g/mol. The molecule has 2 atom stereocenters. The predicted molar refractivity (Wildman–Crippen MR) is 86.8 cm³/mol. The maximum atomic E-state index is 14.0. The number of hydrogen-bond donors (Lipinski definition) is 1. The molecule has 1 aromatic carbocycles. The topological polar surface area (TPSA) is 77.3 Å². The number of carbonyl (C=O) groups is 1. The molecule has 0 amide bonds. The van der Waals surface area contributed by atoms with Crippen LogP contribution in [0.1, 0.15) is 25.3 Å². The zero-order valence-electron chi connectivity index (χ0n) is 13.0. The first kappa shape index (κ1) is 17.2. The molecular weight excluding hydrogens is 385 g/mol. The summed E-state index contributed by atoms with van der Waals surface area (Å²) < 4.78 is 25.4. The van der Waals surface area contributed by atoms with Crippen molar-refractivity contribution >= 4 is 27.6 Å². The zero-order chi connectivity index (χ0) is 17.3. The molecule has 3 rings (SSSR count). The van der Waals surface area contributed by atoms with Crippen molar-refractivity contribution < 1.29 is 28.6 Å². The zero-order valence-corrected chi connectivity index (χ0v) is 14.6. The first-order valence-electron chi connectivity index (χ1n) is 7.71. The maximum absolute atomic E-state index is 14.0. The molecule has 2 unspecified atom stereocenters. The Bertz CT molecular complexity index is 677. The fourth-order valence-corrected chi connectivity index (χ4v) is 2.92. The van der Waals surface area contributed by atoms with Crippen molar-refractivity contribution in [3.8, 4) is 5.75 Å². The number of nitrogens with zero attached hydrogens (tertiary/aromatic N) is 1. The van der Waals surface area contributed by atoms with E-state index in [1.165, 1.54) is 12.1 Å². The lowest BCUT2D eigenvalue weighted by atomic mass is 10.0. The van der Waals surface area contributed by atoms with Gasteiger partial charge in [-0.3, -0.25) is 0 Å². The number of carboxylic acid groups (broad SMARTS) is 1. The Labute approximate surface area is 146 Å². The van der Waals surface area contributed by atoms with Crippen LogP contribution in [0.2, 0.25) is 0 Å². The first-order chi connectivity index (χ1) is 11.5. The molecule has 1 aliphatic carbocycles. The van der Waals surface area contributed by atoms with Gasteiger partial charge in [0.05, 0.1) is 4.47 Å². The number of benzene rings is 1. The molecule has 1 saturated carbocycles. The number of rotatable bonds is 7. The average Bonchev–Trinajstić information content (AvgIpc) is 3.27. The highest BCUT2D eigenvalue weighted by molar-refractivity contribution is 9.10. The van der Waals surface area contributed by atoms with Crippen LogP contribution < -0.4 is 4.74 Å². The molecule has 2 aliphatic rings. The summed E-state index contributed by atoms with van der Waals surface area (Å²) in [6.45, 7) is 2.56. The van der Waals surface area contributed by atoms with Crippen LogP contribution in [0.15, 0.2) is 21.8 Å². The summed E-state index contributed by atoms with van der Waals surface area (Å²) in [6.07, 6.45) is 0.171. The molecule has 8 heteroatoms.